The first-order valence-corrected chi connectivity index (χ1v) is 4.67. The zero-order valence-electron chi connectivity index (χ0n) is 6.46. The van der Waals surface area contributed by atoms with Crippen LogP contribution in [0.25, 0.3) is 0 Å². The topological polar surface area (TPSA) is 73.7 Å². The Morgan fingerprint density at radius 3 is 2.36 bits per heavy atom. The first-order chi connectivity index (χ1) is 6.29. The van der Waals surface area contributed by atoms with E-state index in [9.17, 15) is 21.6 Å². The molecule has 0 radical (unpaired) electrons. The SMILES string of the molecule is N#Cc1cc(S(=O)(=O)C(F)(F)F)c[nH]1. The standard InChI is InChI=1S/C6H3F3N2O2S/c7-6(8,9)14(12,13)5-1-4(2-10)11-3-5/h1,3,11H. The number of nitrogens with zero attached hydrogens (tertiary/aromatic N) is 1. The lowest BCUT2D eigenvalue weighted by molar-refractivity contribution is -0.0435. The first kappa shape index (κ1) is 10.6. The lowest BCUT2D eigenvalue weighted by atomic mass is 10.5. The second kappa shape index (κ2) is 3.02. The van der Waals surface area contributed by atoms with Crippen LogP contribution in [0.15, 0.2) is 17.2 Å². The van der Waals surface area contributed by atoms with Crippen molar-refractivity contribution in [2.75, 3.05) is 0 Å². The van der Waals surface area contributed by atoms with Crippen molar-refractivity contribution in [3.05, 3.63) is 18.0 Å². The molecule has 0 aliphatic heterocycles. The number of alkyl halides is 3. The molecule has 1 aromatic heterocycles. The minimum Gasteiger partial charge on any atom is -0.352 e. The van der Waals surface area contributed by atoms with Gasteiger partial charge in [-0.1, -0.05) is 0 Å². The average Bonchev–Trinajstić information content (AvgIpc) is 2.49. The molecule has 8 heteroatoms. The molecule has 0 fully saturated rings. The first-order valence-electron chi connectivity index (χ1n) is 3.19. The van der Waals surface area contributed by atoms with Gasteiger partial charge < -0.3 is 4.98 Å². The molecule has 0 aromatic carbocycles. The Hall–Kier alpha value is -1.49. The second-order valence-corrected chi connectivity index (χ2v) is 4.25. The summed E-state index contributed by atoms with van der Waals surface area (Å²) in [7, 11) is -5.35. The summed E-state index contributed by atoms with van der Waals surface area (Å²) in [6.07, 6.45) is 0.626. The summed E-state index contributed by atoms with van der Waals surface area (Å²) in [5.41, 5.74) is -5.59. The molecule has 0 aliphatic rings. The van der Waals surface area contributed by atoms with Gasteiger partial charge in [0.25, 0.3) is 9.84 Å². The van der Waals surface area contributed by atoms with Crippen LogP contribution in [-0.4, -0.2) is 18.9 Å². The van der Waals surface area contributed by atoms with Crippen molar-refractivity contribution in [1.29, 1.82) is 5.26 Å². The largest absolute Gasteiger partial charge is 0.501 e. The summed E-state index contributed by atoms with van der Waals surface area (Å²) in [6, 6.07) is 2.11. The molecule has 0 unspecified atom stereocenters. The third-order valence-corrected chi connectivity index (χ3v) is 2.86. The van der Waals surface area contributed by atoms with E-state index in [0.717, 1.165) is 0 Å². The Kier molecular flexibility index (Phi) is 2.29. The molecule has 0 atom stereocenters. The van der Waals surface area contributed by atoms with Crippen LogP contribution in [0.5, 0.6) is 0 Å². The second-order valence-electron chi connectivity index (χ2n) is 2.31. The number of aromatic amines is 1. The zero-order valence-corrected chi connectivity index (χ0v) is 7.28. The molecular weight excluding hydrogens is 221 g/mol. The maximum absolute atomic E-state index is 11.9. The Bertz CT molecular complexity index is 480. The minimum absolute atomic E-state index is 0.243. The van der Waals surface area contributed by atoms with Gasteiger partial charge in [-0.05, 0) is 6.07 Å². The van der Waals surface area contributed by atoms with Gasteiger partial charge in [-0.25, -0.2) is 8.42 Å². The summed E-state index contributed by atoms with van der Waals surface area (Å²) in [5, 5.41) is 8.26. The molecule has 76 valence electrons. The fourth-order valence-electron chi connectivity index (χ4n) is 0.728. The minimum atomic E-state index is -5.35. The lowest BCUT2D eigenvalue weighted by Gasteiger charge is -2.04. The molecule has 0 amide bonds. The number of rotatable bonds is 1. The molecule has 1 aromatic rings. The van der Waals surface area contributed by atoms with Gasteiger partial charge in [0.2, 0.25) is 0 Å². The van der Waals surface area contributed by atoms with E-state index in [1.54, 1.807) is 0 Å². The normalized spacial score (nSPS) is 12.4. The summed E-state index contributed by atoms with van der Waals surface area (Å²) < 4.78 is 57.3. The molecule has 1 N–H and O–H groups in total. The summed E-state index contributed by atoms with van der Waals surface area (Å²) >= 11 is 0. The van der Waals surface area contributed by atoms with E-state index in [1.807, 2.05) is 0 Å². The molecule has 0 spiro atoms. The van der Waals surface area contributed by atoms with Crippen LogP contribution in [0, 0.1) is 11.3 Å². The van der Waals surface area contributed by atoms with Crippen molar-refractivity contribution >= 4 is 9.84 Å². The zero-order chi connectivity index (χ0) is 11.0. The van der Waals surface area contributed by atoms with Crippen LogP contribution in [0.1, 0.15) is 5.69 Å². The Labute approximate surface area is 76.9 Å². The van der Waals surface area contributed by atoms with Gasteiger partial charge in [-0.15, -0.1) is 0 Å². The third kappa shape index (κ3) is 1.58. The molecule has 0 saturated heterocycles. The van der Waals surface area contributed by atoms with Crippen LogP contribution in [-0.2, 0) is 9.84 Å². The summed E-state index contributed by atoms with van der Waals surface area (Å²) in [6.45, 7) is 0. The number of nitrogens with one attached hydrogen (secondary N) is 1. The predicted molar refractivity (Wildman–Crippen MR) is 38.7 cm³/mol. The third-order valence-electron chi connectivity index (χ3n) is 1.39. The van der Waals surface area contributed by atoms with Crippen molar-refractivity contribution in [2.45, 2.75) is 10.4 Å². The fraction of sp³-hybridized carbons (Fsp3) is 0.167. The highest BCUT2D eigenvalue weighted by molar-refractivity contribution is 7.92. The van der Waals surface area contributed by atoms with Crippen LogP contribution in [0.3, 0.4) is 0 Å². The van der Waals surface area contributed by atoms with E-state index < -0.39 is 20.2 Å². The number of H-pyrrole nitrogens is 1. The molecule has 1 rings (SSSR count). The molecule has 1 heterocycles. The quantitative estimate of drug-likeness (QED) is 0.778. The van der Waals surface area contributed by atoms with Gasteiger partial charge in [0, 0.05) is 6.20 Å². The predicted octanol–water partition coefficient (Wildman–Crippen LogP) is 1.18. The lowest BCUT2D eigenvalue weighted by Crippen LogP contribution is -2.22. The van der Waals surface area contributed by atoms with E-state index in [4.69, 9.17) is 5.26 Å². The molecule has 0 saturated carbocycles. The van der Waals surface area contributed by atoms with Crippen LogP contribution in [0.2, 0.25) is 0 Å². The summed E-state index contributed by atoms with van der Waals surface area (Å²) in [4.78, 5) is 1.14. The molecular formula is C6H3F3N2O2S. The van der Waals surface area contributed by atoms with Crippen molar-refractivity contribution in [2.24, 2.45) is 0 Å². The van der Waals surface area contributed by atoms with E-state index in [-0.39, 0.29) is 5.69 Å². The van der Waals surface area contributed by atoms with Crippen molar-refractivity contribution < 1.29 is 21.6 Å². The number of halogens is 3. The number of hydrogen-bond donors (Lipinski definition) is 1. The van der Waals surface area contributed by atoms with E-state index in [0.29, 0.717) is 12.3 Å². The smallest absolute Gasteiger partial charge is 0.352 e. The Morgan fingerprint density at radius 2 is 2.00 bits per heavy atom. The average molecular weight is 224 g/mol. The fourth-order valence-corrected chi connectivity index (χ4v) is 1.48. The van der Waals surface area contributed by atoms with Crippen LogP contribution >= 0.6 is 0 Å². The maximum atomic E-state index is 11.9. The molecule has 0 bridgehead atoms. The van der Waals surface area contributed by atoms with Gasteiger partial charge in [0.15, 0.2) is 0 Å². The van der Waals surface area contributed by atoms with E-state index in [1.165, 1.54) is 6.07 Å². The van der Waals surface area contributed by atoms with Crippen molar-refractivity contribution in [3.63, 3.8) is 0 Å². The van der Waals surface area contributed by atoms with Gasteiger partial charge in [-0.2, -0.15) is 18.4 Å². The Morgan fingerprint density at radius 1 is 1.43 bits per heavy atom. The van der Waals surface area contributed by atoms with E-state index in [2.05, 4.69) is 4.98 Å². The number of hydrogen-bond acceptors (Lipinski definition) is 3. The number of aromatic nitrogens is 1. The highest BCUT2D eigenvalue weighted by atomic mass is 32.2. The van der Waals surface area contributed by atoms with Crippen molar-refractivity contribution in [3.8, 4) is 6.07 Å². The number of sulfone groups is 1. The number of nitriles is 1. The molecule has 4 nitrogen and oxygen atoms in total. The van der Waals surface area contributed by atoms with Crippen LogP contribution in [0.4, 0.5) is 13.2 Å². The van der Waals surface area contributed by atoms with E-state index >= 15 is 0 Å². The highest BCUT2D eigenvalue weighted by Crippen LogP contribution is 2.30. The highest BCUT2D eigenvalue weighted by Gasteiger charge is 2.47. The monoisotopic (exact) mass is 224 g/mol. The van der Waals surface area contributed by atoms with Gasteiger partial charge >= 0.3 is 5.51 Å². The van der Waals surface area contributed by atoms with Gasteiger partial charge in [-0.3, -0.25) is 0 Å². The van der Waals surface area contributed by atoms with Crippen LogP contribution < -0.4 is 0 Å². The molecule has 14 heavy (non-hydrogen) atoms. The van der Waals surface area contributed by atoms with Gasteiger partial charge in [0.1, 0.15) is 11.8 Å². The van der Waals surface area contributed by atoms with Crippen molar-refractivity contribution in [1.82, 2.24) is 4.98 Å². The van der Waals surface area contributed by atoms with Gasteiger partial charge in [0.05, 0.1) is 4.90 Å². The maximum Gasteiger partial charge on any atom is 0.501 e. The molecule has 0 aliphatic carbocycles. The summed E-state index contributed by atoms with van der Waals surface area (Å²) in [5.74, 6) is 0. The Balaban J connectivity index is 3.26.